The summed E-state index contributed by atoms with van der Waals surface area (Å²) in [6, 6.07) is 6.33. The number of carbonyl (C=O) groups is 1. The molecule has 0 bridgehead atoms. The lowest BCUT2D eigenvalue weighted by molar-refractivity contribution is -0.115. The van der Waals surface area contributed by atoms with Gasteiger partial charge in [-0.1, -0.05) is 12.1 Å². The van der Waals surface area contributed by atoms with Crippen LogP contribution in [0.4, 0.5) is 5.69 Å². The lowest BCUT2D eigenvalue weighted by atomic mass is 9.93. The van der Waals surface area contributed by atoms with E-state index in [1.165, 1.54) is 5.56 Å². The van der Waals surface area contributed by atoms with Gasteiger partial charge in [0, 0.05) is 5.69 Å². The molecule has 1 aromatic rings. The number of carbonyl (C=O) groups excluding carboxylic acids is 1. The molecular formula is C12H14N2O. The van der Waals surface area contributed by atoms with Gasteiger partial charge in [-0.2, -0.15) is 0 Å². The van der Waals surface area contributed by atoms with Crippen LogP contribution in [-0.2, 0) is 17.6 Å². The molecule has 15 heavy (non-hydrogen) atoms. The SMILES string of the molecule is O=C1Cc2cc(CC3CNC3)ccc2N1. The molecule has 2 aliphatic rings. The summed E-state index contributed by atoms with van der Waals surface area (Å²) in [5.41, 5.74) is 3.51. The molecule has 1 aromatic carbocycles. The lowest BCUT2D eigenvalue weighted by Crippen LogP contribution is -2.43. The molecule has 1 fully saturated rings. The first kappa shape index (κ1) is 8.92. The standard InChI is InChI=1S/C12H14N2O/c15-12-5-10-4-8(1-2-11(10)14-12)3-9-6-13-7-9/h1-2,4,9,13H,3,5-7H2,(H,14,15). The summed E-state index contributed by atoms with van der Waals surface area (Å²) < 4.78 is 0. The molecule has 0 spiro atoms. The van der Waals surface area contributed by atoms with E-state index in [-0.39, 0.29) is 5.91 Å². The van der Waals surface area contributed by atoms with Gasteiger partial charge in [-0.05, 0) is 42.6 Å². The minimum atomic E-state index is 0.118. The Balaban J connectivity index is 1.80. The second-order valence-electron chi connectivity index (χ2n) is 4.44. The highest BCUT2D eigenvalue weighted by Crippen LogP contribution is 2.25. The van der Waals surface area contributed by atoms with Gasteiger partial charge >= 0.3 is 0 Å². The first-order valence-corrected chi connectivity index (χ1v) is 5.43. The fraction of sp³-hybridized carbons (Fsp3) is 0.417. The molecule has 0 radical (unpaired) electrons. The van der Waals surface area contributed by atoms with Crippen molar-refractivity contribution in [1.82, 2.24) is 5.32 Å². The van der Waals surface area contributed by atoms with Crippen LogP contribution in [0.1, 0.15) is 11.1 Å². The second-order valence-corrected chi connectivity index (χ2v) is 4.44. The lowest BCUT2D eigenvalue weighted by Gasteiger charge is -2.27. The zero-order valence-corrected chi connectivity index (χ0v) is 8.55. The van der Waals surface area contributed by atoms with Crippen LogP contribution < -0.4 is 10.6 Å². The van der Waals surface area contributed by atoms with Crippen molar-refractivity contribution in [2.75, 3.05) is 18.4 Å². The molecule has 0 aromatic heterocycles. The maximum Gasteiger partial charge on any atom is 0.228 e. The Morgan fingerprint density at radius 3 is 2.93 bits per heavy atom. The van der Waals surface area contributed by atoms with E-state index in [1.807, 2.05) is 6.07 Å². The highest BCUT2D eigenvalue weighted by atomic mass is 16.1. The molecule has 0 aliphatic carbocycles. The summed E-state index contributed by atoms with van der Waals surface area (Å²) in [5.74, 6) is 0.903. The summed E-state index contributed by atoms with van der Waals surface area (Å²) in [5, 5.41) is 6.13. The minimum Gasteiger partial charge on any atom is -0.326 e. The molecule has 2 heterocycles. The molecule has 78 valence electrons. The van der Waals surface area contributed by atoms with Crippen LogP contribution in [0.25, 0.3) is 0 Å². The van der Waals surface area contributed by atoms with E-state index in [1.54, 1.807) is 0 Å². The Morgan fingerprint density at radius 1 is 1.33 bits per heavy atom. The molecule has 1 saturated heterocycles. The Labute approximate surface area is 88.9 Å². The van der Waals surface area contributed by atoms with Gasteiger partial charge in [-0.15, -0.1) is 0 Å². The van der Waals surface area contributed by atoms with Gasteiger partial charge in [0.25, 0.3) is 0 Å². The number of anilines is 1. The number of fused-ring (bicyclic) bond motifs is 1. The van der Waals surface area contributed by atoms with Crippen molar-refractivity contribution in [3.8, 4) is 0 Å². The Bertz CT molecular complexity index is 410. The molecular weight excluding hydrogens is 188 g/mol. The van der Waals surface area contributed by atoms with Gasteiger partial charge in [0.2, 0.25) is 5.91 Å². The Hall–Kier alpha value is -1.35. The van der Waals surface area contributed by atoms with Crippen LogP contribution in [0.15, 0.2) is 18.2 Å². The third kappa shape index (κ3) is 1.63. The molecule has 3 rings (SSSR count). The maximum absolute atomic E-state index is 11.2. The Morgan fingerprint density at radius 2 is 2.20 bits per heavy atom. The molecule has 1 amide bonds. The molecule has 2 N–H and O–H groups in total. The first-order chi connectivity index (χ1) is 7.31. The van der Waals surface area contributed by atoms with E-state index in [0.29, 0.717) is 6.42 Å². The molecule has 3 nitrogen and oxygen atoms in total. The maximum atomic E-state index is 11.2. The quantitative estimate of drug-likeness (QED) is 0.749. The number of hydrogen-bond acceptors (Lipinski definition) is 2. The van der Waals surface area contributed by atoms with Crippen molar-refractivity contribution in [3.63, 3.8) is 0 Å². The number of hydrogen-bond donors (Lipinski definition) is 2. The second kappa shape index (κ2) is 3.35. The van der Waals surface area contributed by atoms with Gasteiger partial charge < -0.3 is 10.6 Å². The third-order valence-electron chi connectivity index (χ3n) is 3.19. The van der Waals surface area contributed by atoms with Crippen LogP contribution in [0.3, 0.4) is 0 Å². The van der Waals surface area contributed by atoms with Crippen molar-refractivity contribution in [3.05, 3.63) is 29.3 Å². The van der Waals surface area contributed by atoms with E-state index in [4.69, 9.17) is 0 Å². The average molecular weight is 202 g/mol. The smallest absolute Gasteiger partial charge is 0.228 e. The summed E-state index contributed by atoms with van der Waals surface area (Å²) in [7, 11) is 0. The van der Waals surface area contributed by atoms with E-state index in [0.717, 1.165) is 36.7 Å². The normalized spacial score (nSPS) is 19.6. The van der Waals surface area contributed by atoms with Crippen molar-refractivity contribution in [2.24, 2.45) is 5.92 Å². The highest BCUT2D eigenvalue weighted by Gasteiger charge is 2.20. The number of amides is 1. The molecule has 0 atom stereocenters. The third-order valence-corrected chi connectivity index (χ3v) is 3.19. The van der Waals surface area contributed by atoms with E-state index >= 15 is 0 Å². The molecule has 3 heteroatoms. The zero-order chi connectivity index (χ0) is 10.3. The highest BCUT2D eigenvalue weighted by molar-refractivity contribution is 5.99. The number of benzene rings is 1. The van der Waals surface area contributed by atoms with Crippen LogP contribution >= 0.6 is 0 Å². The van der Waals surface area contributed by atoms with Crippen molar-refractivity contribution < 1.29 is 4.79 Å². The fourth-order valence-corrected chi connectivity index (χ4v) is 2.24. The van der Waals surface area contributed by atoms with Gasteiger partial charge in [-0.3, -0.25) is 4.79 Å². The largest absolute Gasteiger partial charge is 0.326 e. The van der Waals surface area contributed by atoms with Gasteiger partial charge in [0.1, 0.15) is 0 Å². The summed E-state index contributed by atoms with van der Waals surface area (Å²) >= 11 is 0. The van der Waals surface area contributed by atoms with Gasteiger partial charge in [0.15, 0.2) is 0 Å². The predicted octanol–water partition coefficient (Wildman–Crippen LogP) is 0.943. The van der Waals surface area contributed by atoms with Crippen LogP contribution in [0, 0.1) is 5.92 Å². The molecule has 0 unspecified atom stereocenters. The van der Waals surface area contributed by atoms with Crippen molar-refractivity contribution in [1.29, 1.82) is 0 Å². The van der Waals surface area contributed by atoms with Gasteiger partial charge in [-0.25, -0.2) is 0 Å². The van der Waals surface area contributed by atoms with Gasteiger partial charge in [0.05, 0.1) is 6.42 Å². The van der Waals surface area contributed by atoms with Crippen molar-refractivity contribution >= 4 is 11.6 Å². The van der Waals surface area contributed by atoms with Crippen LogP contribution in [0.2, 0.25) is 0 Å². The summed E-state index contributed by atoms with van der Waals surface area (Å²) in [6.45, 7) is 2.27. The van der Waals surface area contributed by atoms with E-state index in [9.17, 15) is 4.79 Å². The fourth-order valence-electron chi connectivity index (χ4n) is 2.24. The monoisotopic (exact) mass is 202 g/mol. The molecule has 0 saturated carbocycles. The van der Waals surface area contributed by atoms with Crippen molar-refractivity contribution in [2.45, 2.75) is 12.8 Å². The van der Waals surface area contributed by atoms with Crippen LogP contribution in [0.5, 0.6) is 0 Å². The topological polar surface area (TPSA) is 41.1 Å². The molecule has 2 aliphatic heterocycles. The number of rotatable bonds is 2. The first-order valence-electron chi connectivity index (χ1n) is 5.43. The van der Waals surface area contributed by atoms with E-state index in [2.05, 4.69) is 22.8 Å². The van der Waals surface area contributed by atoms with Crippen LogP contribution in [-0.4, -0.2) is 19.0 Å². The number of nitrogens with one attached hydrogen (secondary N) is 2. The minimum absolute atomic E-state index is 0.118. The van der Waals surface area contributed by atoms with E-state index < -0.39 is 0 Å². The summed E-state index contributed by atoms with van der Waals surface area (Å²) in [4.78, 5) is 11.2. The predicted molar refractivity (Wildman–Crippen MR) is 58.8 cm³/mol. The Kier molecular flexibility index (Phi) is 1.99. The zero-order valence-electron chi connectivity index (χ0n) is 8.55. The summed E-state index contributed by atoms with van der Waals surface area (Å²) in [6.07, 6.45) is 1.68. The average Bonchev–Trinajstić information content (AvgIpc) is 2.50.